The van der Waals surface area contributed by atoms with E-state index in [1.807, 2.05) is 36.4 Å². The third kappa shape index (κ3) is 5.70. The van der Waals surface area contributed by atoms with Crippen LogP contribution in [0.2, 0.25) is 0 Å². The zero-order valence-corrected chi connectivity index (χ0v) is 8.93. The van der Waals surface area contributed by atoms with E-state index in [2.05, 4.69) is 12.1 Å². The van der Waals surface area contributed by atoms with E-state index in [1.54, 1.807) is 13.4 Å². The highest BCUT2D eigenvalue weighted by Crippen LogP contribution is 2.00. The second-order valence-corrected chi connectivity index (χ2v) is 2.97. The molecule has 0 N–H and O–H groups in total. The van der Waals surface area contributed by atoms with Crippen LogP contribution in [0.4, 0.5) is 0 Å². The summed E-state index contributed by atoms with van der Waals surface area (Å²) >= 11 is 0. The molecule has 1 aromatic carbocycles. The lowest BCUT2D eigenvalue weighted by Crippen LogP contribution is -1.84. The van der Waals surface area contributed by atoms with Crippen LogP contribution >= 0.6 is 0 Å². The maximum atomic E-state index is 5.21. The molecule has 0 aliphatic carbocycles. The van der Waals surface area contributed by atoms with E-state index in [9.17, 15) is 0 Å². The molecule has 0 fully saturated rings. The smallest absolute Gasteiger partial charge is 0.106 e. The molecule has 0 bridgehead atoms. The Kier molecular flexibility index (Phi) is 6.02. The molecule has 0 unspecified atom stereocenters. The summed E-state index contributed by atoms with van der Waals surface area (Å²) in [4.78, 5) is 0. The van der Waals surface area contributed by atoms with Gasteiger partial charge in [0.25, 0.3) is 0 Å². The summed E-state index contributed by atoms with van der Waals surface area (Å²) in [7, 11) is 1.65. The molecule has 15 heavy (non-hydrogen) atoms. The van der Waals surface area contributed by atoms with Crippen LogP contribution in [0.25, 0.3) is 6.08 Å². The van der Waals surface area contributed by atoms with Gasteiger partial charge in [-0.15, -0.1) is 0 Å². The molecule has 0 amide bonds. The number of rotatable bonds is 6. The quantitative estimate of drug-likeness (QED) is 0.524. The summed E-state index contributed by atoms with van der Waals surface area (Å²) in [6.45, 7) is 1.16. The fraction of sp³-hybridized carbons (Fsp3) is 0.231. The van der Waals surface area contributed by atoms with Gasteiger partial charge >= 0.3 is 0 Å². The van der Waals surface area contributed by atoms with Gasteiger partial charge in [-0.05, 0) is 17.7 Å². The predicted molar refractivity (Wildman–Crippen MR) is 62.4 cm³/mol. The fourth-order valence-electron chi connectivity index (χ4n) is 1.06. The Morgan fingerprint density at radius 2 is 1.87 bits per heavy atom. The standard InChI is InChI=1S/C13H16O2/c1-14-10-6-12-15-11-5-9-13-7-3-2-4-8-13/h2-9,12H,10-11H2,1H3/b9-5+,12-6+. The first kappa shape index (κ1) is 11.5. The van der Waals surface area contributed by atoms with Crippen LogP contribution in [0.15, 0.2) is 48.7 Å². The summed E-state index contributed by atoms with van der Waals surface area (Å²) in [5.74, 6) is 0. The second-order valence-electron chi connectivity index (χ2n) is 2.97. The first-order valence-corrected chi connectivity index (χ1v) is 4.90. The van der Waals surface area contributed by atoms with Crippen molar-refractivity contribution >= 4 is 6.08 Å². The van der Waals surface area contributed by atoms with Crippen molar-refractivity contribution in [2.75, 3.05) is 20.3 Å². The summed E-state index contributed by atoms with van der Waals surface area (Å²) in [5, 5.41) is 0. The van der Waals surface area contributed by atoms with Crippen molar-refractivity contribution in [1.82, 2.24) is 0 Å². The average molecular weight is 204 g/mol. The van der Waals surface area contributed by atoms with Gasteiger partial charge in [-0.2, -0.15) is 0 Å². The predicted octanol–water partition coefficient (Wildman–Crippen LogP) is 2.88. The monoisotopic (exact) mass is 204 g/mol. The first-order valence-electron chi connectivity index (χ1n) is 4.90. The molecule has 0 atom stereocenters. The number of benzene rings is 1. The largest absolute Gasteiger partial charge is 0.497 e. The highest BCUT2D eigenvalue weighted by Gasteiger charge is 1.81. The van der Waals surface area contributed by atoms with Crippen molar-refractivity contribution < 1.29 is 9.47 Å². The van der Waals surface area contributed by atoms with E-state index >= 15 is 0 Å². The molecular weight excluding hydrogens is 188 g/mol. The fourth-order valence-corrected chi connectivity index (χ4v) is 1.06. The molecule has 1 aromatic rings. The third-order valence-corrected chi connectivity index (χ3v) is 1.76. The van der Waals surface area contributed by atoms with Gasteiger partial charge in [0, 0.05) is 7.11 Å². The van der Waals surface area contributed by atoms with Gasteiger partial charge in [-0.25, -0.2) is 0 Å². The van der Waals surface area contributed by atoms with E-state index in [4.69, 9.17) is 9.47 Å². The van der Waals surface area contributed by atoms with Crippen LogP contribution in [0.3, 0.4) is 0 Å². The molecule has 2 nitrogen and oxygen atoms in total. The van der Waals surface area contributed by atoms with Gasteiger partial charge in [0.15, 0.2) is 0 Å². The topological polar surface area (TPSA) is 18.5 Å². The Labute approximate surface area is 90.8 Å². The van der Waals surface area contributed by atoms with Crippen molar-refractivity contribution in [3.63, 3.8) is 0 Å². The molecular formula is C13H16O2. The first-order chi connectivity index (χ1) is 7.43. The Hall–Kier alpha value is -1.54. The maximum absolute atomic E-state index is 5.21. The molecule has 0 saturated carbocycles. The Balaban J connectivity index is 2.17. The van der Waals surface area contributed by atoms with Crippen LogP contribution in [-0.2, 0) is 9.47 Å². The molecule has 0 aliphatic heterocycles. The minimum absolute atomic E-state index is 0.578. The Morgan fingerprint density at radius 1 is 1.07 bits per heavy atom. The Bertz CT molecular complexity index is 302. The molecule has 0 aliphatic rings. The van der Waals surface area contributed by atoms with E-state index in [0.29, 0.717) is 13.2 Å². The number of methoxy groups -OCH3 is 1. The number of hydrogen-bond donors (Lipinski definition) is 0. The zero-order chi connectivity index (χ0) is 10.8. The minimum Gasteiger partial charge on any atom is -0.497 e. The molecule has 0 aromatic heterocycles. The van der Waals surface area contributed by atoms with Crippen LogP contribution in [0, 0.1) is 0 Å². The van der Waals surface area contributed by atoms with E-state index in [1.165, 1.54) is 5.56 Å². The van der Waals surface area contributed by atoms with Gasteiger partial charge in [0.05, 0.1) is 12.9 Å². The van der Waals surface area contributed by atoms with E-state index in [0.717, 1.165) is 0 Å². The summed E-state index contributed by atoms with van der Waals surface area (Å²) in [6, 6.07) is 10.1. The molecule has 1 rings (SSSR count). The van der Waals surface area contributed by atoms with Gasteiger partial charge in [0.1, 0.15) is 6.61 Å². The third-order valence-electron chi connectivity index (χ3n) is 1.76. The summed E-state index contributed by atoms with van der Waals surface area (Å²) in [5.41, 5.74) is 1.18. The average Bonchev–Trinajstić information content (AvgIpc) is 2.29. The highest BCUT2D eigenvalue weighted by molar-refractivity contribution is 5.48. The van der Waals surface area contributed by atoms with Gasteiger partial charge in [-0.1, -0.05) is 36.4 Å². The molecule has 0 spiro atoms. The van der Waals surface area contributed by atoms with Crippen molar-refractivity contribution in [3.8, 4) is 0 Å². The normalized spacial score (nSPS) is 11.3. The van der Waals surface area contributed by atoms with Crippen molar-refractivity contribution in [2.45, 2.75) is 0 Å². The van der Waals surface area contributed by atoms with Crippen LogP contribution in [0.5, 0.6) is 0 Å². The SMILES string of the molecule is COC/C=C/OC/C=C/c1ccccc1. The second kappa shape index (κ2) is 7.83. The van der Waals surface area contributed by atoms with E-state index < -0.39 is 0 Å². The molecule has 0 saturated heterocycles. The molecule has 80 valence electrons. The number of hydrogen-bond acceptors (Lipinski definition) is 2. The highest BCUT2D eigenvalue weighted by atomic mass is 16.5. The molecule has 0 heterocycles. The molecule has 2 heteroatoms. The van der Waals surface area contributed by atoms with Gasteiger partial charge in [0.2, 0.25) is 0 Å². The van der Waals surface area contributed by atoms with Crippen LogP contribution in [0.1, 0.15) is 5.56 Å². The summed E-state index contributed by atoms with van der Waals surface area (Å²) < 4.78 is 10.0. The zero-order valence-electron chi connectivity index (χ0n) is 8.93. The number of ether oxygens (including phenoxy) is 2. The van der Waals surface area contributed by atoms with Gasteiger partial charge < -0.3 is 9.47 Å². The van der Waals surface area contributed by atoms with Crippen LogP contribution in [-0.4, -0.2) is 20.3 Å². The lowest BCUT2D eigenvalue weighted by molar-refractivity contribution is 0.226. The van der Waals surface area contributed by atoms with Crippen LogP contribution < -0.4 is 0 Å². The van der Waals surface area contributed by atoms with E-state index in [-0.39, 0.29) is 0 Å². The minimum atomic E-state index is 0.578. The maximum Gasteiger partial charge on any atom is 0.106 e. The van der Waals surface area contributed by atoms with Crippen molar-refractivity contribution in [3.05, 3.63) is 54.3 Å². The molecule has 0 radical (unpaired) electrons. The summed E-state index contributed by atoms with van der Waals surface area (Å²) in [6.07, 6.45) is 7.49. The van der Waals surface area contributed by atoms with Crippen molar-refractivity contribution in [1.29, 1.82) is 0 Å². The lowest BCUT2D eigenvalue weighted by Gasteiger charge is -1.94. The van der Waals surface area contributed by atoms with Gasteiger partial charge in [-0.3, -0.25) is 0 Å². The lowest BCUT2D eigenvalue weighted by atomic mass is 10.2. The van der Waals surface area contributed by atoms with Crippen molar-refractivity contribution in [2.24, 2.45) is 0 Å². The Morgan fingerprint density at radius 3 is 2.60 bits per heavy atom.